The number of rotatable bonds is 4. The number of Topliss-reactive ketones (excluding diaryl/α,β-unsaturated/α-hetero) is 1. The fraction of sp³-hybridized carbons (Fsp3) is 0.188. The van der Waals surface area contributed by atoms with E-state index in [0.29, 0.717) is 21.3 Å². The third-order valence-electron chi connectivity index (χ3n) is 2.91. The van der Waals surface area contributed by atoms with Gasteiger partial charge in [-0.1, -0.05) is 28.1 Å². The number of ether oxygens (including phenoxy) is 1. The number of hydrogen-bond donors (Lipinski definition) is 0. The summed E-state index contributed by atoms with van der Waals surface area (Å²) >= 11 is 3.21. The molecule has 0 amide bonds. The molecule has 0 N–H and O–H groups in total. The summed E-state index contributed by atoms with van der Waals surface area (Å²) in [7, 11) is 0. The van der Waals surface area contributed by atoms with E-state index in [4.69, 9.17) is 4.74 Å². The van der Waals surface area contributed by atoms with E-state index in [1.54, 1.807) is 24.3 Å². The Hall–Kier alpha value is -1.68. The fourth-order valence-electron chi connectivity index (χ4n) is 1.83. The van der Waals surface area contributed by atoms with Crippen LogP contribution in [-0.2, 0) is 6.61 Å². The Bertz CT molecular complexity index is 653. The van der Waals surface area contributed by atoms with Crippen LogP contribution in [0, 0.1) is 12.7 Å². The molecule has 0 spiro atoms. The van der Waals surface area contributed by atoms with Gasteiger partial charge in [-0.3, -0.25) is 4.79 Å². The third-order valence-corrected chi connectivity index (χ3v) is 3.41. The van der Waals surface area contributed by atoms with Gasteiger partial charge in [-0.2, -0.15) is 0 Å². The first kappa shape index (κ1) is 14.7. The fourth-order valence-corrected chi connectivity index (χ4v) is 2.17. The predicted molar refractivity (Wildman–Crippen MR) is 79.6 cm³/mol. The molecule has 4 heteroatoms. The second kappa shape index (κ2) is 6.18. The van der Waals surface area contributed by atoms with Crippen molar-refractivity contribution < 1.29 is 13.9 Å². The quantitative estimate of drug-likeness (QED) is 0.758. The zero-order chi connectivity index (χ0) is 14.7. The predicted octanol–water partition coefficient (Wildman–Crippen LogP) is 4.68. The molecule has 0 radical (unpaired) electrons. The summed E-state index contributed by atoms with van der Waals surface area (Å²) in [5.74, 6) is 0.0764. The van der Waals surface area contributed by atoms with E-state index in [2.05, 4.69) is 15.9 Å². The Kier molecular flexibility index (Phi) is 4.55. The van der Waals surface area contributed by atoms with Gasteiger partial charge >= 0.3 is 0 Å². The van der Waals surface area contributed by atoms with E-state index < -0.39 is 0 Å². The minimum Gasteiger partial charge on any atom is -0.488 e. The molecule has 20 heavy (non-hydrogen) atoms. The smallest absolute Gasteiger partial charge is 0.163 e. The van der Waals surface area contributed by atoms with Crippen LogP contribution in [0.3, 0.4) is 0 Å². The molecule has 2 nitrogen and oxygen atoms in total. The molecule has 0 aliphatic rings. The van der Waals surface area contributed by atoms with Crippen LogP contribution in [0.25, 0.3) is 0 Å². The molecule has 0 aliphatic heterocycles. The highest BCUT2D eigenvalue weighted by molar-refractivity contribution is 9.10. The summed E-state index contributed by atoms with van der Waals surface area (Å²) in [6.07, 6.45) is 0. The van der Waals surface area contributed by atoms with Crippen LogP contribution < -0.4 is 4.74 Å². The van der Waals surface area contributed by atoms with Crippen molar-refractivity contribution in [1.29, 1.82) is 0 Å². The summed E-state index contributed by atoms with van der Waals surface area (Å²) in [5, 5.41) is 0. The van der Waals surface area contributed by atoms with Gasteiger partial charge in [0.15, 0.2) is 5.78 Å². The number of aryl methyl sites for hydroxylation is 1. The lowest BCUT2D eigenvalue weighted by Gasteiger charge is -2.11. The van der Waals surface area contributed by atoms with E-state index in [1.165, 1.54) is 13.0 Å². The van der Waals surface area contributed by atoms with Crippen molar-refractivity contribution in [3.05, 3.63) is 63.4 Å². The molecule has 0 saturated carbocycles. The summed E-state index contributed by atoms with van der Waals surface area (Å²) in [6.45, 7) is 3.48. The molecular weight excluding hydrogens is 323 g/mol. The summed E-state index contributed by atoms with van der Waals surface area (Å²) in [6, 6.07) is 10.2. The van der Waals surface area contributed by atoms with E-state index in [0.717, 1.165) is 5.56 Å². The van der Waals surface area contributed by atoms with Crippen molar-refractivity contribution in [3.63, 3.8) is 0 Å². The Morgan fingerprint density at radius 2 is 2.00 bits per heavy atom. The Labute approximate surface area is 125 Å². The van der Waals surface area contributed by atoms with Crippen molar-refractivity contribution in [1.82, 2.24) is 0 Å². The molecular formula is C16H14BrFO2. The molecule has 0 heterocycles. The van der Waals surface area contributed by atoms with Gasteiger partial charge in [0, 0.05) is 10.0 Å². The van der Waals surface area contributed by atoms with Gasteiger partial charge in [-0.05, 0) is 43.7 Å². The van der Waals surface area contributed by atoms with Crippen molar-refractivity contribution in [2.24, 2.45) is 0 Å². The minimum atomic E-state index is -0.337. The first-order valence-electron chi connectivity index (χ1n) is 6.15. The standard InChI is InChI=1S/C16H14BrFO2/c1-10-3-6-14(11(2)19)16(7-10)20-9-12-4-5-13(17)8-15(12)18/h3-8H,9H2,1-2H3. The van der Waals surface area contributed by atoms with Gasteiger partial charge in [-0.15, -0.1) is 0 Å². The van der Waals surface area contributed by atoms with Crippen molar-refractivity contribution in [3.8, 4) is 5.75 Å². The van der Waals surface area contributed by atoms with E-state index >= 15 is 0 Å². The summed E-state index contributed by atoms with van der Waals surface area (Å²) < 4.78 is 20.0. The van der Waals surface area contributed by atoms with Gasteiger partial charge < -0.3 is 4.74 Å². The number of benzene rings is 2. The Balaban J connectivity index is 2.22. The van der Waals surface area contributed by atoms with Crippen LogP contribution in [0.4, 0.5) is 4.39 Å². The van der Waals surface area contributed by atoms with Crippen LogP contribution in [-0.4, -0.2) is 5.78 Å². The summed E-state index contributed by atoms with van der Waals surface area (Å²) in [4.78, 5) is 11.5. The molecule has 0 fully saturated rings. The first-order chi connectivity index (χ1) is 9.47. The maximum Gasteiger partial charge on any atom is 0.163 e. The van der Waals surface area contributed by atoms with E-state index in [-0.39, 0.29) is 18.2 Å². The zero-order valence-electron chi connectivity index (χ0n) is 11.2. The Morgan fingerprint density at radius 1 is 1.25 bits per heavy atom. The molecule has 0 bridgehead atoms. The average Bonchev–Trinajstić information content (AvgIpc) is 2.37. The highest BCUT2D eigenvalue weighted by Crippen LogP contribution is 2.23. The lowest BCUT2D eigenvalue weighted by molar-refractivity contribution is 0.101. The van der Waals surface area contributed by atoms with Crippen molar-refractivity contribution >= 4 is 21.7 Å². The van der Waals surface area contributed by atoms with Gasteiger partial charge in [0.2, 0.25) is 0 Å². The molecule has 104 valence electrons. The van der Waals surface area contributed by atoms with E-state index in [1.807, 2.05) is 13.0 Å². The van der Waals surface area contributed by atoms with Crippen LogP contribution in [0.5, 0.6) is 5.75 Å². The SMILES string of the molecule is CC(=O)c1ccc(C)cc1OCc1ccc(Br)cc1F. The topological polar surface area (TPSA) is 26.3 Å². The minimum absolute atomic E-state index is 0.0729. The summed E-state index contributed by atoms with van der Waals surface area (Å²) in [5.41, 5.74) is 1.94. The number of carbonyl (C=O) groups is 1. The maximum atomic E-state index is 13.7. The van der Waals surface area contributed by atoms with Gasteiger partial charge in [0.05, 0.1) is 5.56 Å². The highest BCUT2D eigenvalue weighted by Gasteiger charge is 2.10. The normalized spacial score (nSPS) is 10.4. The Morgan fingerprint density at radius 3 is 2.65 bits per heavy atom. The van der Waals surface area contributed by atoms with Crippen LogP contribution in [0.15, 0.2) is 40.9 Å². The molecule has 0 atom stereocenters. The average molecular weight is 337 g/mol. The van der Waals surface area contributed by atoms with E-state index in [9.17, 15) is 9.18 Å². The van der Waals surface area contributed by atoms with Gasteiger partial charge in [0.25, 0.3) is 0 Å². The largest absolute Gasteiger partial charge is 0.488 e. The molecule has 0 unspecified atom stereocenters. The maximum absolute atomic E-state index is 13.7. The molecule has 2 aromatic carbocycles. The molecule has 0 saturated heterocycles. The number of carbonyl (C=O) groups excluding carboxylic acids is 1. The van der Waals surface area contributed by atoms with Crippen LogP contribution in [0.1, 0.15) is 28.4 Å². The van der Waals surface area contributed by atoms with Gasteiger partial charge in [0.1, 0.15) is 18.2 Å². The van der Waals surface area contributed by atoms with Gasteiger partial charge in [-0.25, -0.2) is 4.39 Å². The van der Waals surface area contributed by atoms with Crippen molar-refractivity contribution in [2.75, 3.05) is 0 Å². The van der Waals surface area contributed by atoms with Crippen LogP contribution in [0.2, 0.25) is 0 Å². The lowest BCUT2D eigenvalue weighted by Crippen LogP contribution is -2.03. The number of ketones is 1. The molecule has 2 rings (SSSR count). The molecule has 0 aliphatic carbocycles. The molecule has 2 aromatic rings. The molecule has 0 aromatic heterocycles. The monoisotopic (exact) mass is 336 g/mol. The second-order valence-electron chi connectivity index (χ2n) is 4.58. The second-order valence-corrected chi connectivity index (χ2v) is 5.50. The number of hydrogen-bond acceptors (Lipinski definition) is 2. The first-order valence-corrected chi connectivity index (χ1v) is 6.95. The lowest BCUT2D eigenvalue weighted by atomic mass is 10.1. The zero-order valence-corrected chi connectivity index (χ0v) is 12.8. The highest BCUT2D eigenvalue weighted by atomic mass is 79.9. The van der Waals surface area contributed by atoms with Crippen LogP contribution >= 0.6 is 15.9 Å². The third kappa shape index (κ3) is 3.45. The van der Waals surface area contributed by atoms with Crippen molar-refractivity contribution in [2.45, 2.75) is 20.5 Å². The number of halogens is 2.